The molecule has 6 rings (SSSR count). The van der Waals surface area contributed by atoms with Crippen LogP contribution in [0.25, 0.3) is 5.69 Å². The molecule has 4 heterocycles. The monoisotopic (exact) mass is 702 g/mol. The zero-order valence-electron chi connectivity index (χ0n) is 28.2. The molecule has 0 aliphatic carbocycles. The molecule has 2 aromatic heterocycles. The Morgan fingerprint density at radius 2 is 1.86 bits per heavy atom. The van der Waals surface area contributed by atoms with Gasteiger partial charge in [-0.25, -0.2) is 14.6 Å². The van der Waals surface area contributed by atoms with E-state index >= 15 is 0 Å². The van der Waals surface area contributed by atoms with Gasteiger partial charge in [0.25, 0.3) is 11.8 Å². The second-order valence-corrected chi connectivity index (χ2v) is 12.4. The molecule has 3 amide bonds. The van der Waals surface area contributed by atoms with Crippen molar-refractivity contribution in [2.24, 2.45) is 0 Å². The van der Waals surface area contributed by atoms with Crippen LogP contribution in [0.3, 0.4) is 0 Å². The quantitative estimate of drug-likeness (QED) is 0.225. The predicted octanol–water partition coefficient (Wildman–Crippen LogP) is 3.87. The zero-order chi connectivity index (χ0) is 36.4. The van der Waals surface area contributed by atoms with Crippen LogP contribution >= 0.6 is 0 Å². The predicted molar refractivity (Wildman–Crippen MR) is 181 cm³/mol. The highest BCUT2D eigenvalue weighted by Gasteiger charge is 2.45. The summed E-state index contributed by atoms with van der Waals surface area (Å²) in [5.41, 5.74) is 1.72. The number of amides is 3. The van der Waals surface area contributed by atoms with Crippen LogP contribution in [0.5, 0.6) is 0 Å². The lowest BCUT2D eigenvalue weighted by atomic mass is 9.82. The van der Waals surface area contributed by atoms with Gasteiger partial charge in [0.05, 0.1) is 31.1 Å². The molecule has 2 aromatic carbocycles. The van der Waals surface area contributed by atoms with Crippen LogP contribution in [-0.4, -0.2) is 87.3 Å². The highest BCUT2D eigenvalue weighted by atomic mass is 19.4. The van der Waals surface area contributed by atoms with Gasteiger partial charge in [0.1, 0.15) is 17.6 Å². The third-order valence-electron chi connectivity index (χ3n) is 9.35. The number of benzene rings is 2. The number of halogens is 3. The van der Waals surface area contributed by atoms with Crippen molar-refractivity contribution in [3.63, 3.8) is 0 Å². The minimum Gasteiger partial charge on any atom is -0.378 e. The molecule has 0 radical (unpaired) electrons. The Hall–Kier alpha value is -5.41. The van der Waals surface area contributed by atoms with E-state index in [-0.39, 0.29) is 31.1 Å². The van der Waals surface area contributed by atoms with Crippen molar-refractivity contribution in [1.82, 2.24) is 35.3 Å². The van der Waals surface area contributed by atoms with Gasteiger partial charge < -0.3 is 15.4 Å². The van der Waals surface area contributed by atoms with E-state index in [9.17, 15) is 27.6 Å². The van der Waals surface area contributed by atoms with Crippen molar-refractivity contribution in [3.8, 4) is 5.69 Å². The smallest absolute Gasteiger partial charge is 0.378 e. The lowest BCUT2D eigenvalue weighted by Gasteiger charge is -2.38. The number of nitrogens with zero attached hydrogens (tertiary/aromatic N) is 6. The molecule has 51 heavy (non-hydrogen) atoms. The van der Waals surface area contributed by atoms with Gasteiger partial charge in [0.2, 0.25) is 11.7 Å². The normalized spacial score (nSPS) is 18.2. The van der Waals surface area contributed by atoms with Crippen molar-refractivity contribution in [2.75, 3.05) is 31.7 Å². The number of anilines is 1. The maximum Gasteiger partial charge on any atom is 0.433 e. The minimum absolute atomic E-state index is 0.141. The van der Waals surface area contributed by atoms with Gasteiger partial charge in [-0.3, -0.25) is 24.2 Å². The van der Waals surface area contributed by atoms with Crippen LogP contribution in [-0.2, 0) is 27.0 Å². The van der Waals surface area contributed by atoms with Gasteiger partial charge >= 0.3 is 6.18 Å². The number of likely N-dealkylation sites (N-methyl/N-ethyl adjacent to an activating group) is 2. The second kappa shape index (κ2) is 14.4. The Morgan fingerprint density at radius 3 is 2.53 bits per heavy atom. The fraction of sp³-hybridized carbons (Fsp3) is 0.333. The number of fused-ring (bicyclic) bond motifs is 1. The van der Waals surface area contributed by atoms with E-state index < -0.39 is 41.5 Å². The van der Waals surface area contributed by atoms with Gasteiger partial charge in [0.15, 0.2) is 0 Å². The Morgan fingerprint density at radius 1 is 1.12 bits per heavy atom. The molecule has 1 saturated heterocycles. The first kappa shape index (κ1) is 35.4. The van der Waals surface area contributed by atoms with Crippen molar-refractivity contribution >= 4 is 23.5 Å². The molecule has 4 aromatic rings. The van der Waals surface area contributed by atoms with E-state index in [0.717, 1.165) is 6.20 Å². The summed E-state index contributed by atoms with van der Waals surface area (Å²) in [6, 6.07) is 15.8. The molecule has 3 atom stereocenters. The summed E-state index contributed by atoms with van der Waals surface area (Å²) in [6.45, 7) is 9.25. The first-order chi connectivity index (χ1) is 24.4. The maximum absolute atomic E-state index is 14.3. The average molecular weight is 703 g/mol. The SMILES string of the molecule is C=C(C(=O)NCc1cccc([C@@H]2c3cnn(-c4ccccc4)c3N(CC)C(=O)[C@H]2NC(=O)c2nccc(C(F)(F)F)n2)c1)[C@@H](C)N(C)C1COC1. The van der Waals surface area contributed by atoms with Gasteiger partial charge in [0, 0.05) is 42.4 Å². The number of nitrogens with one attached hydrogen (secondary N) is 2. The standard InChI is InChI=1S/C36H37F3N8O4/c1-5-46-34-27(18-42-47(34)25-12-7-6-8-13-25)29(30(35(46)50)44-33(49)31-40-15-14-28(43-31)36(37,38)39)24-11-9-10-23(16-24)17-41-32(48)21(2)22(3)45(4)26-19-51-20-26/h6-16,18,22,26,29-30H,2,5,17,19-20H2,1,3-4H3,(H,41,48)(H,44,49)/t22-,29-,30+/m1/s1. The molecule has 0 spiro atoms. The molecule has 0 unspecified atom stereocenters. The molecule has 2 aliphatic rings. The van der Waals surface area contributed by atoms with Crippen LogP contribution in [0.4, 0.5) is 19.0 Å². The topological polar surface area (TPSA) is 135 Å². The number of rotatable bonds is 11. The largest absolute Gasteiger partial charge is 0.433 e. The zero-order valence-corrected chi connectivity index (χ0v) is 28.2. The van der Waals surface area contributed by atoms with Gasteiger partial charge in [-0.15, -0.1) is 0 Å². The summed E-state index contributed by atoms with van der Waals surface area (Å²) in [4.78, 5) is 51.6. The molecule has 2 aliphatic heterocycles. The summed E-state index contributed by atoms with van der Waals surface area (Å²) in [5.74, 6) is -2.93. The molecular weight excluding hydrogens is 665 g/mol. The minimum atomic E-state index is -4.80. The Bertz CT molecular complexity index is 1950. The highest BCUT2D eigenvalue weighted by Crippen LogP contribution is 2.41. The third-order valence-corrected chi connectivity index (χ3v) is 9.35. The van der Waals surface area contributed by atoms with Crippen molar-refractivity contribution < 1.29 is 32.3 Å². The number of ether oxygens (including phenoxy) is 1. The van der Waals surface area contributed by atoms with Crippen molar-refractivity contribution in [2.45, 2.75) is 50.6 Å². The first-order valence-electron chi connectivity index (χ1n) is 16.4. The maximum atomic E-state index is 14.3. The Labute approximate surface area is 292 Å². The molecule has 0 saturated carbocycles. The summed E-state index contributed by atoms with van der Waals surface area (Å²) >= 11 is 0. The first-order valence-corrected chi connectivity index (χ1v) is 16.4. The number of aromatic nitrogens is 4. The van der Waals surface area contributed by atoms with Crippen LogP contribution in [0.15, 0.2) is 85.2 Å². The van der Waals surface area contributed by atoms with Crippen LogP contribution in [0.2, 0.25) is 0 Å². The Balaban J connectivity index is 1.33. The van der Waals surface area contributed by atoms with Crippen molar-refractivity contribution in [1.29, 1.82) is 0 Å². The van der Waals surface area contributed by atoms with E-state index in [1.54, 1.807) is 29.9 Å². The fourth-order valence-electron chi connectivity index (χ4n) is 6.25. The third kappa shape index (κ3) is 7.12. The molecular formula is C36H37F3N8O4. The van der Waals surface area contributed by atoms with Crippen LogP contribution in [0, 0.1) is 0 Å². The molecule has 15 heteroatoms. The molecule has 2 N–H and O–H groups in total. The summed E-state index contributed by atoms with van der Waals surface area (Å²) in [6.07, 6.45) is -2.34. The molecule has 12 nitrogen and oxygen atoms in total. The lowest BCUT2D eigenvalue weighted by Crippen LogP contribution is -2.55. The van der Waals surface area contributed by atoms with E-state index in [1.807, 2.05) is 56.4 Å². The summed E-state index contributed by atoms with van der Waals surface area (Å²) in [5, 5.41) is 10.2. The second-order valence-electron chi connectivity index (χ2n) is 12.4. The van der Waals surface area contributed by atoms with E-state index in [1.165, 1.54) is 4.90 Å². The van der Waals surface area contributed by atoms with E-state index in [4.69, 9.17) is 4.74 Å². The summed E-state index contributed by atoms with van der Waals surface area (Å²) in [7, 11) is 1.92. The Kier molecular flexibility index (Phi) is 10.0. The molecule has 266 valence electrons. The number of para-hydroxylation sites is 1. The number of alkyl halides is 3. The fourth-order valence-corrected chi connectivity index (χ4v) is 6.25. The van der Waals surface area contributed by atoms with Crippen LogP contribution < -0.4 is 15.5 Å². The number of hydrogen-bond acceptors (Lipinski definition) is 8. The lowest BCUT2D eigenvalue weighted by molar-refractivity contribution is -0.141. The number of carbonyl (C=O) groups excluding carboxylic acids is 3. The van der Waals surface area contributed by atoms with Crippen LogP contribution in [0.1, 0.15) is 52.8 Å². The molecule has 1 fully saturated rings. The summed E-state index contributed by atoms with van der Waals surface area (Å²) < 4.78 is 47.2. The average Bonchev–Trinajstić information content (AvgIpc) is 3.54. The van der Waals surface area contributed by atoms with Gasteiger partial charge in [-0.2, -0.15) is 18.3 Å². The van der Waals surface area contributed by atoms with E-state index in [0.29, 0.717) is 53.0 Å². The number of hydrogen-bond donors (Lipinski definition) is 2. The highest BCUT2D eigenvalue weighted by molar-refractivity contribution is 6.04. The van der Waals surface area contributed by atoms with E-state index in [2.05, 4.69) is 37.2 Å². The van der Waals surface area contributed by atoms with Gasteiger partial charge in [-0.05, 0) is 50.2 Å². The number of carbonyl (C=O) groups is 3. The van der Waals surface area contributed by atoms with Crippen molar-refractivity contribution in [3.05, 3.63) is 113 Å². The molecule has 0 bridgehead atoms. The van der Waals surface area contributed by atoms with Gasteiger partial charge in [-0.1, -0.05) is 49.0 Å².